The topological polar surface area (TPSA) is 280 Å². The van der Waals surface area contributed by atoms with Gasteiger partial charge in [0.05, 0.1) is 31.1 Å². The van der Waals surface area contributed by atoms with E-state index in [4.69, 9.17) is 37.6 Å². The number of hydrogen-bond acceptors (Lipinski definition) is 16. The Labute approximate surface area is 228 Å². The van der Waals surface area contributed by atoms with E-state index < -0.39 is 52.7 Å². The number of aryl methyl sites for hydroxylation is 1. The third-order valence-electron chi connectivity index (χ3n) is 4.31. The fourth-order valence-electron chi connectivity index (χ4n) is 2.55. The number of aliphatic hydroxyl groups is 5. The van der Waals surface area contributed by atoms with Gasteiger partial charge in [-0.05, 0) is 19.1 Å². The Morgan fingerprint density at radius 3 is 2.26 bits per heavy atom. The average molecular weight is 612 g/mol. The summed E-state index contributed by atoms with van der Waals surface area (Å²) >= 11 is 0. The van der Waals surface area contributed by atoms with Crippen LogP contribution >= 0.6 is 0 Å². The number of aromatic hydroxyl groups is 1. The monoisotopic (exact) mass is 610 g/mol. The molecular formula is C20H22N2O14SZn. The molecule has 0 saturated heterocycles. The molecule has 1 aliphatic heterocycles. The molecule has 3 rings (SSSR count). The molecular weight excluding hydrogens is 590 g/mol. The molecule has 6 N–H and O–H groups in total. The van der Waals surface area contributed by atoms with Crippen molar-refractivity contribution in [1.29, 1.82) is 0 Å². The van der Waals surface area contributed by atoms with E-state index in [9.17, 15) is 24.9 Å². The van der Waals surface area contributed by atoms with Crippen LogP contribution in [0, 0.1) is 6.92 Å². The van der Waals surface area contributed by atoms with Crippen LogP contribution in [0.15, 0.2) is 42.2 Å². The van der Waals surface area contributed by atoms with Gasteiger partial charge in [-0.25, -0.2) is 9.59 Å². The Balaban J connectivity index is 0.000000647. The number of aromatic nitrogens is 2. The Hall–Kier alpha value is -3.09. The van der Waals surface area contributed by atoms with Crippen LogP contribution in [0.1, 0.15) is 27.2 Å². The molecule has 0 spiro atoms. The number of carbonyl (C=O) groups is 2. The van der Waals surface area contributed by atoms with Gasteiger partial charge in [-0.3, -0.25) is 18.4 Å². The van der Waals surface area contributed by atoms with E-state index in [1.165, 1.54) is 30.7 Å². The van der Waals surface area contributed by atoms with Gasteiger partial charge >= 0.3 is 31.4 Å². The Morgan fingerprint density at radius 2 is 1.79 bits per heavy atom. The number of hydrogen-bond donors (Lipinski definition) is 6. The van der Waals surface area contributed by atoms with Crippen LogP contribution in [0.5, 0.6) is 5.75 Å². The quantitative estimate of drug-likeness (QED) is 0.0893. The predicted octanol–water partition coefficient (Wildman–Crippen LogP) is -1.97. The van der Waals surface area contributed by atoms with Crippen molar-refractivity contribution < 1.29 is 86.7 Å². The maximum atomic E-state index is 11.8. The van der Waals surface area contributed by atoms with Crippen LogP contribution in [-0.2, 0) is 57.4 Å². The summed E-state index contributed by atoms with van der Waals surface area (Å²) in [4.78, 5) is 30.6. The zero-order valence-corrected chi connectivity index (χ0v) is 23.4. The zero-order chi connectivity index (χ0) is 28.3. The second kappa shape index (κ2) is 16.0. The molecule has 2 aromatic rings. The Morgan fingerprint density at radius 1 is 1.18 bits per heavy atom. The molecule has 1 aliphatic rings. The number of pyridine rings is 2. The van der Waals surface area contributed by atoms with E-state index in [1.807, 2.05) is 0 Å². The van der Waals surface area contributed by atoms with E-state index in [0.29, 0.717) is 16.8 Å². The van der Waals surface area contributed by atoms with Crippen molar-refractivity contribution >= 4 is 22.3 Å². The largest absolute Gasteiger partial charge is 2.00 e. The second-order valence-corrected chi connectivity index (χ2v) is 7.66. The van der Waals surface area contributed by atoms with Crippen LogP contribution in [0.3, 0.4) is 0 Å². The van der Waals surface area contributed by atoms with Crippen molar-refractivity contribution in [2.24, 2.45) is 0 Å². The summed E-state index contributed by atoms with van der Waals surface area (Å²) in [6.07, 6.45) is 1.18. The van der Waals surface area contributed by atoms with Gasteiger partial charge in [0.2, 0.25) is 11.5 Å². The van der Waals surface area contributed by atoms with Gasteiger partial charge in [0, 0.05) is 40.1 Å². The van der Waals surface area contributed by atoms with Crippen molar-refractivity contribution in [3.63, 3.8) is 0 Å². The van der Waals surface area contributed by atoms with E-state index in [-0.39, 0.29) is 44.0 Å². The van der Waals surface area contributed by atoms with Gasteiger partial charge in [-0.1, -0.05) is 0 Å². The van der Waals surface area contributed by atoms with E-state index in [1.54, 1.807) is 6.92 Å². The molecule has 204 valence electrons. The van der Waals surface area contributed by atoms with Gasteiger partial charge < -0.3 is 49.2 Å². The number of rotatable bonds is 6. The van der Waals surface area contributed by atoms with Gasteiger partial charge in [0.15, 0.2) is 6.10 Å². The number of cyclic esters (lactones) is 1. The Kier molecular flexibility index (Phi) is 14.7. The fraction of sp³-hybridized carbons (Fsp3) is 0.300. The maximum absolute atomic E-state index is 11.8. The van der Waals surface area contributed by atoms with Crippen molar-refractivity contribution in [3.8, 4) is 5.75 Å². The van der Waals surface area contributed by atoms with Crippen molar-refractivity contribution in [1.82, 2.24) is 9.97 Å². The molecule has 2 aromatic heterocycles. The smallest absolute Gasteiger partial charge is 0.759 e. The van der Waals surface area contributed by atoms with Crippen molar-refractivity contribution in [3.05, 3.63) is 64.6 Å². The molecule has 0 aromatic carbocycles. The average Bonchev–Trinajstić information content (AvgIpc) is 3.13. The molecule has 0 fully saturated rings. The van der Waals surface area contributed by atoms with Gasteiger partial charge in [-0.15, -0.1) is 0 Å². The molecule has 2 atom stereocenters. The third-order valence-corrected chi connectivity index (χ3v) is 4.31. The van der Waals surface area contributed by atoms with E-state index >= 15 is 0 Å². The molecule has 0 unspecified atom stereocenters. The summed E-state index contributed by atoms with van der Waals surface area (Å²) in [5.41, 5.74) is 1.35. The van der Waals surface area contributed by atoms with E-state index in [2.05, 4.69) is 14.7 Å². The first-order valence-electron chi connectivity index (χ1n) is 9.85. The van der Waals surface area contributed by atoms with Crippen LogP contribution < -0.4 is 0 Å². The molecule has 0 radical (unpaired) electrons. The molecule has 0 amide bonds. The summed E-state index contributed by atoms with van der Waals surface area (Å²) in [6.45, 7) is 0.386. The standard InChI is InChI=1S/C12H11NO7.C8H11NO3.H2O4S.Zn/c14-5-7(15)9-10(8(16)12(18)19-9)20-11(17)6-2-1-3-13-4-6;1-5-8(12)7(4-11)6(3-10)2-9-5;1-5(2,3)4;/h1-4,7,9,14-16H,5H2;2,10-12H,3-4H2,1H3;(H2,1,2,3,4);/q;;;+2/p-2/t7-,9+;;;/m0.../s1. The van der Waals surface area contributed by atoms with Crippen LogP contribution in [-0.4, -0.2) is 88.9 Å². The predicted molar refractivity (Wildman–Crippen MR) is 115 cm³/mol. The Bertz CT molecular complexity index is 1220. The first-order valence-corrected chi connectivity index (χ1v) is 11.2. The van der Waals surface area contributed by atoms with Crippen LogP contribution in [0.25, 0.3) is 0 Å². The van der Waals surface area contributed by atoms with E-state index in [0.717, 1.165) is 0 Å². The number of nitrogens with zero attached hydrogens (tertiary/aromatic N) is 2. The second-order valence-electron chi connectivity index (χ2n) is 6.84. The minimum Gasteiger partial charge on any atom is -0.759 e. The number of ether oxygens (including phenoxy) is 2. The number of aliphatic hydroxyl groups excluding tert-OH is 5. The minimum absolute atomic E-state index is 0. The number of esters is 2. The number of carbonyl (C=O) groups excluding carboxylic acids is 2. The molecule has 38 heavy (non-hydrogen) atoms. The maximum Gasteiger partial charge on any atom is 2.00 e. The molecule has 16 nitrogen and oxygen atoms in total. The van der Waals surface area contributed by atoms with Crippen LogP contribution in [0.4, 0.5) is 0 Å². The normalized spacial score (nSPS) is 15.1. The fourth-order valence-corrected chi connectivity index (χ4v) is 2.55. The summed E-state index contributed by atoms with van der Waals surface area (Å²) in [7, 11) is -5.17. The van der Waals surface area contributed by atoms with Gasteiger partial charge in [0.1, 0.15) is 11.9 Å². The summed E-state index contributed by atoms with van der Waals surface area (Å²) < 4.78 is 43.5. The van der Waals surface area contributed by atoms with Crippen molar-refractivity contribution in [2.45, 2.75) is 32.3 Å². The van der Waals surface area contributed by atoms with Gasteiger partial charge in [0.25, 0.3) is 0 Å². The molecule has 3 heterocycles. The summed E-state index contributed by atoms with van der Waals surface area (Å²) in [5, 5.41) is 54.8. The molecule has 0 saturated carbocycles. The first-order chi connectivity index (χ1) is 17.2. The van der Waals surface area contributed by atoms with Gasteiger partial charge in [-0.2, -0.15) is 0 Å². The molecule has 18 heteroatoms. The first kappa shape index (κ1) is 34.9. The molecule has 0 aliphatic carbocycles. The SMILES string of the molecule is Cc1ncc(CO)c(CO)c1O.O=C1O[C@H]([C@@H](O)CO)C(OC(=O)c2cccnc2)=C1O.O=S(=O)([O-])[O-].[Zn+2]. The zero-order valence-electron chi connectivity index (χ0n) is 19.6. The van der Waals surface area contributed by atoms with Crippen molar-refractivity contribution in [2.75, 3.05) is 6.61 Å². The minimum atomic E-state index is -5.17. The molecule has 0 bridgehead atoms. The summed E-state index contributed by atoms with van der Waals surface area (Å²) in [6, 6.07) is 2.92. The third kappa shape index (κ3) is 10.7. The summed E-state index contributed by atoms with van der Waals surface area (Å²) in [5.74, 6) is -3.52. The van der Waals surface area contributed by atoms with Crippen LogP contribution in [0.2, 0.25) is 0 Å².